The topological polar surface area (TPSA) is 83.0 Å². The van der Waals surface area contributed by atoms with Crippen molar-refractivity contribution >= 4 is 28.9 Å². The molecule has 1 N–H and O–H groups in total. The molecule has 0 atom stereocenters. The maximum Gasteiger partial charge on any atom is 0.405 e. The predicted molar refractivity (Wildman–Crippen MR) is 167 cm³/mol. The van der Waals surface area contributed by atoms with Gasteiger partial charge in [-0.1, -0.05) is 18.8 Å². The number of ether oxygens (including phenoxy) is 1. The minimum atomic E-state index is -4.45. The number of carboxylic acids is 1. The van der Waals surface area contributed by atoms with Gasteiger partial charge in [-0.2, -0.15) is 13.2 Å². The molecule has 7 nitrogen and oxygen atoms in total. The molecule has 2 heterocycles. The van der Waals surface area contributed by atoms with Crippen LogP contribution in [0.4, 0.5) is 18.9 Å². The molecule has 3 aliphatic rings. The zero-order valence-corrected chi connectivity index (χ0v) is 27.0. The quantitative estimate of drug-likeness (QED) is 0.299. The highest BCUT2D eigenvalue weighted by molar-refractivity contribution is 7.15. The Labute approximate surface area is 267 Å². The second-order valence-corrected chi connectivity index (χ2v) is 14.3. The molecule has 2 aromatic rings. The minimum absolute atomic E-state index is 0.0565. The number of hydrogen-bond acceptors (Lipinski definition) is 6. The molecular formula is C34H42F3N3O4S. The first-order chi connectivity index (χ1) is 21.3. The molecule has 0 saturated heterocycles. The summed E-state index contributed by atoms with van der Waals surface area (Å²) in [4.78, 5) is 34.9. The summed E-state index contributed by atoms with van der Waals surface area (Å²) in [5.41, 5.74) is -0.709. The molecule has 0 spiro atoms. The fourth-order valence-corrected chi connectivity index (χ4v) is 7.58. The molecular weight excluding hydrogens is 603 g/mol. The first-order valence-electron chi connectivity index (χ1n) is 15.9. The smallest absolute Gasteiger partial charge is 0.405 e. The van der Waals surface area contributed by atoms with E-state index >= 15 is 0 Å². The molecule has 3 aliphatic carbocycles. The van der Waals surface area contributed by atoms with Gasteiger partial charge in [0.1, 0.15) is 16.4 Å². The largest absolute Gasteiger partial charge is 0.477 e. The van der Waals surface area contributed by atoms with Crippen LogP contribution in [0.25, 0.3) is 0 Å². The summed E-state index contributed by atoms with van der Waals surface area (Å²) in [6.07, 6.45) is 3.37. The number of carbonyl (C=O) groups excluding carboxylic acids is 1. The zero-order valence-electron chi connectivity index (χ0n) is 26.2. The molecule has 0 aliphatic heterocycles. The Morgan fingerprint density at radius 1 is 1.09 bits per heavy atom. The zero-order chi connectivity index (χ0) is 32.4. The van der Waals surface area contributed by atoms with Gasteiger partial charge in [-0.3, -0.25) is 4.79 Å². The SMILES string of the molecule is CC1CCC(C(=O)N(c2cc(C#CC3(C(F)(F)F)CCC3)sc2C(=O)O)C2CCC(Oc3cc(CN(C)C)ccn3)CC2)CC1. The number of aromatic carboxylic acids is 1. The third-order valence-corrected chi connectivity index (χ3v) is 10.6. The van der Waals surface area contributed by atoms with Gasteiger partial charge in [-0.15, -0.1) is 11.3 Å². The van der Waals surface area contributed by atoms with Crippen molar-refractivity contribution in [3.63, 3.8) is 0 Å². The lowest BCUT2D eigenvalue weighted by atomic mass is 9.69. The lowest BCUT2D eigenvalue weighted by molar-refractivity contribution is -0.225. The molecule has 45 heavy (non-hydrogen) atoms. The van der Waals surface area contributed by atoms with Crippen LogP contribution in [0.15, 0.2) is 24.4 Å². The Morgan fingerprint density at radius 2 is 1.78 bits per heavy atom. The van der Waals surface area contributed by atoms with Crippen molar-refractivity contribution in [1.82, 2.24) is 9.88 Å². The van der Waals surface area contributed by atoms with Crippen LogP contribution in [-0.4, -0.2) is 59.3 Å². The highest BCUT2D eigenvalue weighted by Gasteiger charge is 2.57. The number of alkyl halides is 3. The van der Waals surface area contributed by atoms with E-state index in [0.29, 0.717) is 43.9 Å². The Hall–Kier alpha value is -3.10. The molecule has 3 saturated carbocycles. The summed E-state index contributed by atoms with van der Waals surface area (Å²) >= 11 is 0.847. The Balaban J connectivity index is 1.39. The van der Waals surface area contributed by atoms with E-state index in [1.54, 1.807) is 11.1 Å². The van der Waals surface area contributed by atoms with Crippen molar-refractivity contribution in [2.75, 3.05) is 19.0 Å². The van der Waals surface area contributed by atoms with Crippen LogP contribution in [0.1, 0.15) is 97.7 Å². The molecule has 11 heteroatoms. The minimum Gasteiger partial charge on any atom is -0.477 e. The van der Waals surface area contributed by atoms with Gasteiger partial charge in [-0.25, -0.2) is 9.78 Å². The second-order valence-electron chi connectivity index (χ2n) is 13.3. The number of thiophene rings is 1. The van der Waals surface area contributed by atoms with Crippen LogP contribution in [0.2, 0.25) is 0 Å². The second kappa shape index (κ2) is 13.7. The highest BCUT2D eigenvalue weighted by atomic mass is 32.1. The molecule has 3 fully saturated rings. The summed E-state index contributed by atoms with van der Waals surface area (Å²) < 4.78 is 47.5. The standard InChI is InChI=1S/C34H42F3N3O4S/c1-22-5-7-24(8-6-22)31(41)40(25-9-11-26(12-10-25)44-29-19-23(14-18-38-29)21-39(2)3)28-20-27(45-30(28)32(42)43)13-17-33(15-4-16-33)34(35,36)37/h14,18-20,22,24-26H,4-12,15-16,21H2,1-3H3,(H,42,43). The van der Waals surface area contributed by atoms with Crippen LogP contribution in [-0.2, 0) is 11.3 Å². The van der Waals surface area contributed by atoms with Crippen molar-refractivity contribution in [3.8, 4) is 17.7 Å². The van der Waals surface area contributed by atoms with Crippen molar-refractivity contribution in [3.05, 3.63) is 39.7 Å². The number of rotatable bonds is 8. The fourth-order valence-electron chi connectivity index (χ4n) is 6.74. The van der Waals surface area contributed by atoms with Crippen LogP contribution in [0, 0.1) is 29.1 Å². The lowest BCUT2D eigenvalue weighted by Gasteiger charge is -2.39. The van der Waals surface area contributed by atoms with E-state index in [1.165, 1.54) is 6.07 Å². The van der Waals surface area contributed by atoms with Gasteiger partial charge in [0.25, 0.3) is 0 Å². The molecule has 2 aromatic heterocycles. The molecule has 0 radical (unpaired) electrons. The summed E-state index contributed by atoms with van der Waals surface area (Å²) in [6, 6.07) is 5.15. The van der Waals surface area contributed by atoms with Crippen molar-refractivity contribution in [1.29, 1.82) is 0 Å². The number of amides is 1. The number of nitrogens with zero attached hydrogens (tertiary/aromatic N) is 3. The number of hydrogen-bond donors (Lipinski definition) is 1. The lowest BCUT2D eigenvalue weighted by Crippen LogP contribution is -2.47. The van der Waals surface area contributed by atoms with E-state index in [9.17, 15) is 27.9 Å². The number of carboxylic acid groups (broad SMARTS) is 1. The number of pyridine rings is 1. The van der Waals surface area contributed by atoms with Gasteiger partial charge in [-0.05, 0) is 108 Å². The number of aromatic nitrogens is 1. The Kier molecular flexibility index (Phi) is 10.1. The third-order valence-electron chi connectivity index (χ3n) is 9.54. The maximum atomic E-state index is 14.2. The van der Waals surface area contributed by atoms with Gasteiger partial charge in [0.15, 0.2) is 0 Å². The summed E-state index contributed by atoms with van der Waals surface area (Å²) in [7, 11) is 3.99. The van der Waals surface area contributed by atoms with Gasteiger partial charge >= 0.3 is 12.1 Å². The van der Waals surface area contributed by atoms with Gasteiger partial charge in [0, 0.05) is 30.8 Å². The summed E-state index contributed by atoms with van der Waals surface area (Å²) in [5, 5.41) is 10.2. The van der Waals surface area contributed by atoms with E-state index in [2.05, 4.69) is 28.6 Å². The van der Waals surface area contributed by atoms with E-state index in [0.717, 1.165) is 49.1 Å². The van der Waals surface area contributed by atoms with Crippen molar-refractivity contribution in [2.24, 2.45) is 17.3 Å². The van der Waals surface area contributed by atoms with Crippen LogP contribution in [0.5, 0.6) is 5.88 Å². The van der Waals surface area contributed by atoms with Crippen LogP contribution >= 0.6 is 11.3 Å². The van der Waals surface area contributed by atoms with E-state index < -0.39 is 17.6 Å². The van der Waals surface area contributed by atoms with Gasteiger partial charge < -0.3 is 19.6 Å². The highest BCUT2D eigenvalue weighted by Crippen LogP contribution is 2.52. The Morgan fingerprint density at radius 3 is 2.36 bits per heavy atom. The molecule has 5 rings (SSSR count). The number of anilines is 1. The number of carbonyl (C=O) groups is 2. The number of halogens is 3. The molecule has 0 unspecified atom stereocenters. The molecule has 0 bridgehead atoms. The average Bonchev–Trinajstić information content (AvgIpc) is 3.37. The third kappa shape index (κ3) is 7.66. The fraction of sp³-hybridized carbons (Fsp3) is 0.618. The van der Waals surface area contributed by atoms with E-state index in [4.69, 9.17) is 4.74 Å². The Bertz CT molecular complexity index is 1430. The van der Waals surface area contributed by atoms with Crippen LogP contribution in [0.3, 0.4) is 0 Å². The molecule has 244 valence electrons. The normalized spacial score (nSPS) is 24.7. The predicted octanol–water partition coefficient (Wildman–Crippen LogP) is 7.54. The first-order valence-corrected chi connectivity index (χ1v) is 16.7. The summed E-state index contributed by atoms with van der Waals surface area (Å²) in [6.45, 7) is 2.94. The van der Waals surface area contributed by atoms with E-state index in [1.807, 2.05) is 26.2 Å². The van der Waals surface area contributed by atoms with Crippen molar-refractivity contribution in [2.45, 2.75) is 102 Å². The van der Waals surface area contributed by atoms with Crippen LogP contribution < -0.4 is 9.64 Å². The molecule has 1 amide bonds. The summed E-state index contributed by atoms with van der Waals surface area (Å²) in [5.74, 6) is 4.65. The van der Waals surface area contributed by atoms with E-state index in [-0.39, 0.29) is 52.3 Å². The van der Waals surface area contributed by atoms with Gasteiger partial charge in [0.2, 0.25) is 11.8 Å². The van der Waals surface area contributed by atoms with Crippen molar-refractivity contribution < 1.29 is 32.6 Å². The first kappa shape index (κ1) is 33.3. The maximum absolute atomic E-state index is 14.2. The monoisotopic (exact) mass is 645 g/mol. The average molecular weight is 646 g/mol. The van der Waals surface area contributed by atoms with Gasteiger partial charge in [0.05, 0.1) is 10.6 Å². The molecule has 0 aromatic carbocycles.